The molecule has 1 fully saturated rings. The van der Waals surface area contributed by atoms with E-state index in [-0.39, 0.29) is 5.91 Å². The Labute approximate surface area is 182 Å². The first-order chi connectivity index (χ1) is 15.0. The first-order valence-corrected chi connectivity index (χ1v) is 11.0. The van der Waals surface area contributed by atoms with Crippen molar-refractivity contribution < 1.29 is 13.7 Å². The number of aryl methyl sites for hydroxylation is 3. The number of likely N-dealkylation sites (N-methyl/N-ethyl adjacent to an activating group) is 1. The Balaban J connectivity index is 1.45. The molecule has 0 atom stereocenters. The summed E-state index contributed by atoms with van der Waals surface area (Å²) < 4.78 is 11.0. The summed E-state index contributed by atoms with van der Waals surface area (Å²) in [7, 11) is 0. The van der Waals surface area contributed by atoms with Crippen molar-refractivity contribution in [1.82, 2.24) is 25.3 Å². The number of nitrogens with one attached hydrogen (secondary N) is 1. The van der Waals surface area contributed by atoms with Gasteiger partial charge in [0.05, 0.1) is 22.3 Å². The van der Waals surface area contributed by atoms with Crippen molar-refractivity contribution in [3.63, 3.8) is 0 Å². The second-order valence-electron chi connectivity index (χ2n) is 8.22. The number of hydrogen-bond donors (Lipinski definition) is 1. The summed E-state index contributed by atoms with van der Waals surface area (Å²) in [6.07, 6.45) is 0.918. The third kappa shape index (κ3) is 4.65. The van der Waals surface area contributed by atoms with Crippen molar-refractivity contribution in [2.75, 3.05) is 45.8 Å². The molecule has 166 valence electrons. The van der Waals surface area contributed by atoms with E-state index in [4.69, 9.17) is 8.94 Å². The second kappa shape index (κ2) is 9.20. The fourth-order valence-electron chi connectivity index (χ4n) is 4.23. The van der Waals surface area contributed by atoms with Crippen molar-refractivity contribution in [2.45, 2.75) is 34.1 Å². The first kappa shape index (κ1) is 21.5. The molecule has 0 aliphatic carbocycles. The predicted molar refractivity (Wildman–Crippen MR) is 119 cm³/mol. The third-order valence-electron chi connectivity index (χ3n) is 6.03. The highest BCUT2D eigenvalue weighted by Crippen LogP contribution is 2.30. The molecular formula is C23H31N5O3. The Kier molecular flexibility index (Phi) is 6.38. The summed E-state index contributed by atoms with van der Waals surface area (Å²) in [6.45, 7) is 15.0. The van der Waals surface area contributed by atoms with Gasteiger partial charge in [0.15, 0.2) is 0 Å². The van der Waals surface area contributed by atoms with Crippen molar-refractivity contribution >= 4 is 17.0 Å². The van der Waals surface area contributed by atoms with Crippen LogP contribution in [0.2, 0.25) is 0 Å². The van der Waals surface area contributed by atoms with Gasteiger partial charge in [-0.2, -0.15) is 0 Å². The van der Waals surface area contributed by atoms with Crippen LogP contribution in [0.25, 0.3) is 22.4 Å². The minimum absolute atomic E-state index is 0.131. The van der Waals surface area contributed by atoms with Gasteiger partial charge >= 0.3 is 0 Å². The maximum Gasteiger partial charge on any atom is 0.259 e. The van der Waals surface area contributed by atoms with E-state index in [9.17, 15) is 4.79 Å². The zero-order chi connectivity index (χ0) is 22.0. The average molecular weight is 426 g/mol. The molecule has 0 saturated carbocycles. The van der Waals surface area contributed by atoms with Crippen LogP contribution in [0.3, 0.4) is 0 Å². The molecule has 0 spiro atoms. The summed E-state index contributed by atoms with van der Waals surface area (Å²) in [5.41, 5.74) is 3.07. The van der Waals surface area contributed by atoms with E-state index >= 15 is 0 Å². The van der Waals surface area contributed by atoms with Gasteiger partial charge in [-0.15, -0.1) is 0 Å². The number of carbonyl (C=O) groups is 1. The number of hydrogen-bond acceptors (Lipinski definition) is 7. The number of amides is 1. The number of aromatic nitrogens is 2. The second-order valence-corrected chi connectivity index (χ2v) is 8.22. The van der Waals surface area contributed by atoms with Crippen LogP contribution < -0.4 is 5.32 Å². The molecular weight excluding hydrogens is 394 g/mol. The van der Waals surface area contributed by atoms with E-state index < -0.39 is 0 Å². The van der Waals surface area contributed by atoms with Crippen molar-refractivity contribution in [1.29, 1.82) is 0 Å². The molecule has 1 aliphatic heterocycles. The summed E-state index contributed by atoms with van der Waals surface area (Å²) >= 11 is 0. The number of piperazine rings is 1. The van der Waals surface area contributed by atoms with E-state index in [1.54, 1.807) is 0 Å². The molecule has 8 nitrogen and oxygen atoms in total. The fraction of sp³-hybridized carbons (Fsp3) is 0.522. The first-order valence-electron chi connectivity index (χ1n) is 11.0. The average Bonchev–Trinajstić information content (AvgIpc) is 3.32. The Hall–Kier alpha value is -2.71. The lowest BCUT2D eigenvalue weighted by Crippen LogP contribution is -2.46. The van der Waals surface area contributed by atoms with E-state index in [1.807, 2.05) is 32.9 Å². The number of fused-ring (bicyclic) bond motifs is 1. The van der Waals surface area contributed by atoms with Crippen LogP contribution in [0.5, 0.6) is 0 Å². The van der Waals surface area contributed by atoms with Gasteiger partial charge in [-0.05, 0) is 52.4 Å². The third-order valence-corrected chi connectivity index (χ3v) is 6.03. The molecule has 1 saturated heterocycles. The summed E-state index contributed by atoms with van der Waals surface area (Å²) in [4.78, 5) is 22.6. The largest absolute Gasteiger partial charge is 0.466 e. The normalized spacial score (nSPS) is 15.6. The van der Waals surface area contributed by atoms with Crippen LogP contribution in [-0.2, 0) is 0 Å². The zero-order valence-corrected chi connectivity index (χ0v) is 18.8. The summed E-state index contributed by atoms with van der Waals surface area (Å²) in [5.74, 6) is 1.43. The number of nitrogens with zero attached hydrogens (tertiary/aromatic N) is 4. The highest BCUT2D eigenvalue weighted by molar-refractivity contribution is 6.07. The molecule has 0 radical (unpaired) electrons. The molecule has 8 heteroatoms. The molecule has 31 heavy (non-hydrogen) atoms. The molecule has 1 aliphatic rings. The molecule has 4 heterocycles. The van der Waals surface area contributed by atoms with Gasteiger partial charge in [0, 0.05) is 38.3 Å². The quantitative estimate of drug-likeness (QED) is 0.582. The number of carbonyl (C=O) groups excluding carboxylic acids is 1. The maximum atomic E-state index is 13.1. The number of rotatable bonds is 7. The van der Waals surface area contributed by atoms with Crippen LogP contribution in [0.4, 0.5) is 0 Å². The fourth-order valence-corrected chi connectivity index (χ4v) is 4.23. The molecule has 0 unspecified atom stereocenters. The molecule has 1 amide bonds. The van der Waals surface area contributed by atoms with E-state index in [1.165, 1.54) is 0 Å². The van der Waals surface area contributed by atoms with Gasteiger partial charge in [0.1, 0.15) is 11.5 Å². The van der Waals surface area contributed by atoms with Crippen LogP contribution in [-0.4, -0.2) is 71.7 Å². The maximum absolute atomic E-state index is 13.1. The minimum Gasteiger partial charge on any atom is -0.466 e. The topological polar surface area (TPSA) is 87.6 Å². The molecule has 3 aromatic rings. The van der Waals surface area contributed by atoms with Gasteiger partial charge in [-0.3, -0.25) is 4.79 Å². The van der Waals surface area contributed by atoms with Gasteiger partial charge in [-0.1, -0.05) is 12.1 Å². The van der Waals surface area contributed by atoms with Crippen LogP contribution in [0, 0.1) is 20.8 Å². The van der Waals surface area contributed by atoms with Crippen LogP contribution in [0.1, 0.15) is 40.9 Å². The van der Waals surface area contributed by atoms with Gasteiger partial charge in [0.25, 0.3) is 11.6 Å². The number of furan rings is 1. The smallest absolute Gasteiger partial charge is 0.259 e. The van der Waals surface area contributed by atoms with Crippen LogP contribution in [0.15, 0.2) is 21.1 Å². The highest BCUT2D eigenvalue weighted by atomic mass is 16.5. The SMILES string of the molecule is CCN1CCN(CCCNC(=O)c2cc(-c3cc(C)oc3C)nc3onc(C)c23)CC1. The van der Waals surface area contributed by atoms with Crippen molar-refractivity contribution in [3.8, 4) is 11.3 Å². The van der Waals surface area contributed by atoms with Gasteiger partial charge in [0.2, 0.25) is 0 Å². The van der Waals surface area contributed by atoms with Crippen LogP contribution >= 0.6 is 0 Å². The summed E-state index contributed by atoms with van der Waals surface area (Å²) in [5, 5.41) is 7.75. The van der Waals surface area contributed by atoms with E-state index in [0.29, 0.717) is 34.6 Å². The highest BCUT2D eigenvalue weighted by Gasteiger charge is 2.21. The Morgan fingerprint density at radius 3 is 2.55 bits per heavy atom. The summed E-state index contributed by atoms with van der Waals surface area (Å²) in [6, 6.07) is 3.73. The monoisotopic (exact) mass is 425 g/mol. The Morgan fingerprint density at radius 2 is 1.87 bits per heavy atom. The Morgan fingerprint density at radius 1 is 1.13 bits per heavy atom. The molecule has 0 bridgehead atoms. The van der Waals surface area contributed by atoms with E-state index in [0.717, 1.165) is 62.8 Å². The molecule has 4 rings (SSSR count). The molecule has 0 aromatic carbocycles. The molecule has 1 N–H and O–H groups in total. The predicted octanol–water partition coefficient (Wildman–Crippen LogP) is 3.17. The number of pyridine rings is 1. The van der Waals surface area contributed by atoms with Gasteiger partial charge < -0.3 is 24.1 Å². The lowest BCUT2D eigenvalue weighted by Gasteiger charge is -2.33. The van der Waals surface area contributed by atoms with Crippen molar-refractivity contribution in [3.05, 3.63) is 34.9 Å². The lowest BCUT2D eigenvalue weighted by atomic mass is 10.1. The minimum atomic E-state index is -0.131. The van der Waals surface area contributed by atoms with E-state index in [2.05, 4.69) is 32.2 Å². The van der Waals surface area contributed by atoms with Gasteiger partial charge in [-0.25, -0.2) is 4.98 Å². The molecule has 3 aromatic heterocycles. The standard InChI is InChI=1S/C23H31N5O3/c1-5-27-9-11-28(12-10-27)8-6-7-24-22(29)19-14-20(18-13-15(2)30-17(18)4)25-23-21(19)16(3)26-31-23/h13-14H,5-12H2,1-4H3,(H,24,29). The lowest BCUT2D eigenvalue weighted by molar-refractivity contribution is 0.0949. The Bertz CT molecular complexity index is 1060. The van der Waals surface area contributed by atoms with Crippen molar-refractivity contribution in [2.24, 2.45) is 0 Å². The zero-order valence-electron chi connectivity index (χ0n) is 18.8.